The molecule has 0 aliphatic carbocycles. The molecule has 0 bridgehead atoms. The monoisotopic (exact) mass is 419 g/mol. The van der Waals surface area contributed by atoms with Gasteiger partial charge in [-0.25, -0.2) is 4.39 Å². The third kappa shape index (κ3) is 3.60. The molecule has 0 unspecified atom stereocenters. The molecule has 0 N–H and O–H groups in total. The second-order valence-electron chi connectivity index (χ2n) is 4.31. The second-order valence-corrected chi connectivity index (χ2v) is 6.28. The Morgan fingerprint density at radius 3 is 2.71 bits per heavy atom. The molecule has 0 saturated heterocycles. The molecule has 2 aromatic rings. The Morgan fingerprint density at radius 1 is 1.33 bits per heavy atom. The van der Waals surface area contributed by atoms with E-state index in [0.717, 1.165) is 0 Å². The first kappa shape index (κ1) is 16.4. The summed E-state index contributed by atoms with van der Waals surface area (Å²) in [5.41, 5.74) is 0.886. The quantitative estimate of drug-likeness (QED) is 0.543. The Kier molecular flexibility index (Phi) is 5.69. The van der Waals surface area contributed by atoms with E-state index in [4.69, 9.17) is 4.74 Å². The van der Waals surface area contributed by atoms with Crippen LogP contribution in [0.4, 0.5) is 4.39 Å². The van der Waals surface area contributed by atoms with E-state index in [-0.39, 0.29) is 5.56 Å². The molecule has 0 fully saturated rings. The van der Waals surface area contributed by atoms with Crippen molar-refractivity contribution in [1.29, 1.82) is 0 Å². The Labute approximate surface area is 140 Å². The van der Waals surface area contributed by atoms with Crippen molar-refractivity contribution in [1.82, 2.24) is 4.57 Å². The zero-order chi connectivity index (χ0) is 15.4. The summed E-state index contributed by atoms with van der Waals surface area (Å²) in [5, 5.41) is 0. The maximum atomic E-state index is 14.3. The summed E-state index contributed by atoms with van der Waals surface area (Å²) in [6, 6.07) is 8.21. The van der Waals surface area contributed by atoms with Gasteiger partial charge in [-0.3, -0.25) is 4.79 Å². The van der Waals surface area contributed by atoms with Crippen LogP contribution in [-0.4, -0.2) is 16.8 Å². The van der Waals surface area contributed by atoms with Crippen molar-refractivity contribution >= 4 is 34.4 Å². The fraction of sp³-hybridized carbons (Fsp3) is 0.267. The van der Waals surface area contributed by atoms with E-state index in [2.05, 4.69) is 0 Å². The molecule has 21 heavy (non-hydrogen) atoms. The van der Waals surface area contributed by atoms with Crippen LogP contribution >= 0.6 is 34.4 Å². The van der Waals surface area contributed by atoms with Gasteiger partial charge in [-0.05, 0) is 60.0 Å². The number of aromatic nitrogens is 1. The van der Waals surface area contributed by atoms with Gasteiger partial charge in [0.1, 0.15) is 17.5 Å². The van der Waals surface area contributed by atoms with Crippen molar-refractivity contribution in [3.63, 3.8) is 0 Å². The van der Waals surface area contributed by atoms with Crippen molar-refractivity contribution in [3.05, 3.63) is 50.1 Å². The molecule has 0 aliphatic heterocycles. The van der Waals surface area contributed by atoms with E-state index in [1.54, 1.807) is 28.8 Å². The Bertz CT molecular complexity index is 703. The molecule has 0 spiro atoms. The minimum absolute atomic E-state index is 0.0993. The van der Waals surface area contributed by atoms with E-state index in [1.165, 1.54) is 17.8 Å². The average Bonchev–Trinajstić information content (AvgIpc) is 2.48. The van der Waals surface area contributed by atoms with Gasteiger partial charge in [0.05, 0.1) is 9.26 Å². The minimum Gasteiger partial charge on any atom is -0.483 e. The summed E-state index contributed by atoms with van der Waals surface area (Å²) >= 11 is 3.51. The predicted molar refractivity (Wildman–Crippen MR) is 93.5 cm³/mol. The Balaban J connectivity index is 2.48. The van der Waals surface area contributed by atoms with E-state index >= 15 is 0 Å². The SMILES string of the molecule is CCn1c(-c2ccc(OCSC)cc2F)ccc(I)c1=O. The lowest BCUT2D eigenvalue weighted by atomic mass is 10.1. The molecule has 0 saturated carbocycles. The second kappa shape index (κ2) is 7.31. The molecule has 2 rings (SSSR count). The van der Waals surface area contributed by atoms with Crippen LogP contribution in [0.25, 0.3) is 11.3 Å². The third-order valence-corrected chi connectivity index (χ3v) is 4.18. The van der Waals surface area contributed by atoms with Crippen LogP contribution in [0.2, 0.25) is 0 Å². The molecule has 0 aliphatic rings. The first-order valence-electron chi connectivity index (χ1n) is 6.39. The number of thioether (sulfide) groups is 1. The molecule has 3 nitrogen and oxygen atoms in total. The van der Waals surface area contributed by atoms with Crippen molar-refractivity contribution in [2.24, 2.45) is 0 Å². The first-order chi connectivity index (χ1) is 10.1. The van der Waals surface area contributed by atoms with Gasteiger partial charge in [-0.15, -0.1) is 11.8 Å². The van der Waals surface area contributed by atoms with Crippen LogP contribution in [0.1, 0.15) is 6.92 Å². The number of halogens is 2. The predicted octanol–water partition coefficient (Wildman–Crippen LogP) is 3.98. The fourth-order valence-electron chi connectivity index (χ4n) is 2.02. The van der Waals surface area contributed by atoms with Gasteiger partial charge >= 0.3 is 0 Å². The zero-order valence-electron chi connectivity index (χ0n) is 11.7. The van der Waals surface area contributed by atoms with Gasteiger partial charge in [0.15, 0.2) is 0 Å². The normalized spacial score (nSPS) is 10.7. The van der Waals surface area contributed by atoms with E-state index in [0.29, 0.717) is 33.1 Å². The third-order valence-electron chi connectivity index (χ3n) is 3.00. The van der Waals surface area contributed by atoms with E-state index in [1.807, 2.05) is 35.8 Å². The number of hydrogen-bond acceptors (Lipinski definition) is 3. The lowest BCUT2D eigenvalue weighted by Gasteiger charge is -2.13. The number of pyridine rings is 1. The Morgan fingerprint density at radius 2 is 2.10 bits per heavy atom. The van der Waals surface area contributed by atoms with Gasteiger partial charge in [0.2, 0.25) is 0 Å². The summed E-state index contributed by atoms with van der Waals surface area (Å²) in [7, 11) is 0. The average molecular weight is 419 g/mol. The van der Waals surface area contributed by atoms with Crippen molar-refractivity contribution < 1.29 is 9.13 Å². The topological polar surface area (TPSA) is 31.2 Å². The highest BCUT2D eigenvalue weighted by atomic mass is 127. The Hall–Kier alpha value is -1.02. The van der Waals surface area contributed by atoms with Gasteiger partial charge in [-0.2, -0.15) is 0 Å². The molecule has 1 aromatic carbocycles. The number of benzene rings is 1. The maximum Gasteiger partial charge on any atom is 0.264 e. The van der Waals surface area contributed by atoms with Crippen LogP contribution in [0.15, 0.2) is 35.1 Å². The molecule has 1 heterocycles. The zero-order valence-corrected chi connectivity index (χ0v) is 14.7. The smallest absolute Gasteiger partial charge is 0.264 e. The molecule has 112 valence electrons. The molecule has 0 amide bonds. The maximum absolute atomic E-state index is 14.3. The molecule has 0 radical (unpaired) electrons. The summed E-state index contributed by atoms with van der Waals surface area (Å²) in [6.07, 6.45) is 1.91. The van der Waals surface area contributed by atoms with Crippen molar-refractivity contribution in [2.75, 3.05) is 12.2 Å². The highest BCUT2D eigenvalue weighted by molar-refractivity contribution is 14.1. The van der Waals surface area contributed by atoms with Crippen LogP contribution in [0.5, 0.6) is 5.75 Å². The lowest BCUT2D eigenvalue weighted by molar-refractivity contribution is 0.390. The van der Waals surface area contributed by atoms with Crippen LogP contribution < -0.4 is 10.3 Å². The van der Waals surface area contributed by atoms with Gasteiger partial charge in [0.25, 0.3) is 5.56 Å². The fourth-order valence-corrected chi connectivity index (χ4v) is 2.75. The van der Waals surface area contributed by atoms with Crippen LogP contribution in [-0.2, 0) is 6.54 Å². The number of rotatable bonds is 5. The number of hydrogen-bond donors (Lipinski definition) is 0. The van der Waals surface area contributed by atoms with Crippen molar-refractivity contribution in [3.8, 4) is 17.0 Å². The van der Waals surface area contributed by atoms with E-state index in [9.17, 15) is 9.18 Å². The van der Waals surface area contributed by atoms with Gasteiger partial charge in [0, 0.05) is 18.2 Å². The summed E-state index contributed by atoms with van der Waals surface area (Å²) in [4.78, 5) is 12.1. The standard InChI is InChI=1S/C15H15FINO2S/c1-3-18-14(7-6-13(17)15(18)19)11-5-4-10(8-12(11)16)20-9-21-2/h4-8H,3,9H2,1-2H3. The first-order valence-corrected chi connectivity index (χ1v) is 8.86. The number of ether oxygens (including phenoxy) is 1. The minimum atomic E-state index is -0.392. The molecule has 6 heteroatoms. The molecule has 0 atom stereocenters. The van der Waals surface area contributed by atoms with Gasteiger partial charge in [-0.1, -0.05) is 0 Å². The molecule has 1 aromatic heterocycles. The largest absolute Gasteiger partial charge is 0.483 e. The van der Waals surface area contributed by atoms with Crippen molar-refractivity contribution in [2.45, 2.75) is 13.5 Å². The highest BCUT2D eigenvalue weighted by Gasteiger charge is 2.12. The summed E-state index contributed by atoms with van der Waals surface area (Å²) in [5.74, 6) is 0.569. The molecular weight excluding hydrogens is 404 g/mol. The van der Waals surface area contributed by atoms with Gasteiger partial charge < -0.3 is 9.30 Å². The number of nitrogens with zero attached hydrogens (tertiary/aromatic N) is 1. The summed E-state index contributed by atoms with van der Waals surface area (Å²) < 4.78 is 21.9. The molecular formula is C15H15FINO2S. The highest BCUT2D eigenvalue weighted by Crippen LogP contribution is 2.26. The van der Waals surface area contributed by atoms with Crippen LogP contribution in [0, 0.1) is 9.39 Å². The lowest BCUT2D eigenvalue weighted by Crippen LogP contribution is -2.23. The van der Waals surface area contributed by atoms with Crippen LogP contribution in [0.3, 0.4) is 0 Å². The van der Waals surface area contributed by atoms with E-state index < -0.39 is 5.82 Å². The summed E-state index contributed by atoms with van der Waals surface area (Å²) in [6.45, 7) is 2.37.